The van der Waals surface area contributed by atoms with E-state index >= 15 is 0 Å². The van der Waals surface area contributed by atoms with Crippen molar-refractivity contribution in [3.63, 3.8) is 0 Å². The van der Waals surface area contributed by atoms with Gasteiger partial charge in [-0.2, -0.15) is 0 Å². The maximum absolute atomic E-state index is 14.3. The first-order valence-corrected chi connectivity index (χ1v) is 23.8. The van der Waals surface area contributed by atoms with Gasteiger partial charge in [-0.05, 0) is 71.3 Å². The highest BCUT2D eigenvalue weighted by Gasteiger charge is 2.64. The van der Waals surface area contributed by atoms with Gasteiger partial charge in [0, 0.05) is 37.6 Å². The molecule has 4 aromatic rings. The summed E-state index contributed by atoms with van der Waals surface area (Å²) in [5.74, 6) is 0.420. The van der Waals surface area contributed by atoms with Gasteiger partial charge in [-0.15, -0.1) is 22.7 Å². The van der Waals surface area contributed by atoms with Crippen LogP contribution in [0.2, 0.25) is 36.3 Å². The summed E-state index contributed by atoms with van der Waals surface area (Å²) in [5, 5.41) is 2.27. The molecule has 2 aromatic heterocycles. The van der Waals surface area contributed by atoms with Crippen molar-refractivity contribution < 1.29 is 23.1 Å². The predicted octanol–water partition coefficient (Wildman–Crippen LogP) is 10.6. The molecule has 1 aliphatic heterocycles. The minimum absolute atomic E-state index is 0.0377. The highest BCUT2D eigenvalue weighted by Crippen LogP contribution is 2.53. The highest BCUT2D eigenvalue weighted by atomic mass is 32.1. The van der Waals surface area contributed by atoms with Crippen LogP contribution in [0.5, 0.6) is 0 Å². The molecule has 0 unspecified atom stereocenters. The zero-order valence-electron chi connectivity index (χ0n) is 28.9. The second-order valence-electron chi connectivity index (χ2n) is 15.9. The number of esters is 1. The van der Waals surface area contributed by atoms with E-state index in [9.17, 15) is 4.79 Å². The third kappa shape index (κ3) is 6.08. The fourth-order valence-electron chi connectivity index (χ4n) is 5.91. The van der Waals surface area contributed by atoms with Crippen LogP contribution in [0, 0.1) is 0 Å². The summed E-state index contributed by atoms with van der Waals surface area (Å²) in [6.07, 6.45) is -0.000104. The van der Waals surface area contributed by atoms with Crippen LogP contribution in [0.1, 0.15) is 57.7 Å². The first-order chi connectivity index (χ1) is 21.4. The number of carbonyl (C=O) groups excluding carboxylic acids is 1. The molecule has 0 saturated carbocycles. The Hall–Kier alpha value is -2.28. The van der Waals surface area contributed by atoms with Crippen molar-refractivity contribution in [3.8, 4) is 0 Å². The number of benzene rings is 2. The SMILES string of the molecule is CC(C)(C)[Si](C)(C)O[C@@H]1C(OCc2cc3ccccc3s2)=C(Cc2cc3ccccc3s2)[C@]2(O[Si](C)(C)C(C)(C)C)C[C@H]1OC2=O. The Balaban J connectivity index is 1.52. The maximum Gasteiger partial charge on any atom is 0.342 e. The van der Waals surface area contributed by atoms with E-state index in [-0.39, 0.29) is 16.0 Å². The minimum atomic E-state index is -2.45. The summed E-state index contributed by atoms with van der Waals surface area (Å²) in [4.78, 5) is 16.6. The smallest absolute Gasteiger partial charge is 0.342 e. The Bertz CT molecular complexity index is 1740. The molecule has 5 nitrogen and oxygen atoms in total. The van der Waals surface area contributed by atoms with E-state index in [0.717, 1.165) is 16.2 Å². The van der Waals surface area contributed by atoms with Gasteiger partial charge < -0.3 is 18.3 Å². The number of thiophene rings is 2. The number of carbonyl (C=O) groups is 1. The largest absolute Gasteiger partial charge is 0.489 e. The third-order valence-corrected chi connectivity index (χ3v) is 21.7. The van der Waals surface area contributed by atoms with E-state index < -0.39 is 34.4 Å². The van der Waals surface area contributed by atoms with Gasteiger partial charge in [0.2, 0.25) is 0 Å². The topological polar surface area (TPSA) is 54.0 Å². The fraction of sp³-hybridized carbons (Fsp3) is 0.486. The maximum atomic E-state index is 14.3. The molecule has 2 bridgehead atoms. The quantitative estimate of drug-likeness (QED) is 0.129. The van der Waals surface area contributed by atoms with Crippen LogP contribution in [0.4, 0.5) is 0 Å². The molecule has 3 atom stereocenters. The third-order valence-electron chi connectivity index (χ3n) is 10.6. The Morgan fingerprint density at radius 3 is 1.93 bits per heavy atom. The molecule has 246 valence electrons. The molecule has 3 heterocycles. The van der Waals surface area contributed by atoms with E-state index in [1.54, 1.807) is 22.7 Å². The van der Waals surface area contributed by atoms with Gasteiger partial charge >= 0.3 is 5.97 Å². The van der Waals surface area contributed by atoms with E-state index in [1.807, 2.05) is 0 Å². The summed E-state index contributed by atoms with van der Waals surface area (Å²) >= 11 is 3.51. The first-order valence-electron chi connectivity index (χ1n) is 16.3. The van der Waals surface area contributed by atoms with Gasteiger partial charge in [-0.3, -0.25) is 0 Å². The lowest BCUT2D eigenvalue weighted by molar-refractivity contribution is -0.152. The Kier molecular flexibility index (Phi) is 8.55. The van der Waals surface area contributed by atoms with Crippen molar-refractivity contribution >= 4 is 65.4 Å². The van der Waals surface area contributed by atoms with Gasteiger partial charge in [0.1, 0.15) is 24.6 Å². The molecule has 1 saturated heterocycles. The molecular weight excluding hydrogens is 645 g/mol. The van der Waals surface area contributed by atoms with E-state index in [4.69, 9.17) is 18.3 Å². The highest BCUT2D eigenvalue weighted by molar-refractivity contribution is 7.19. The van der Waals surface area contributed by atoms with Gasteiger partial charge in [0.25, 0.3) is 0 Å². The van der Waals surface area contributed by atoms with Crippen molar-refractivity contribution in [3.05, 3.63) is 81.8 Å². The number of hydrogen-bond donors (Lipinski definition) is 0. The molecule has 0 radical (unpaired) electrons. The second-order valence-corrected chi connectivity index (χ2v) is 27.8. The average molecular weight is 693 g/mol. The monoisotopic (exact) mass is 692 g/mol. The van der Waals surface area contributed by atoms with Gasteiger partial charge in [0.15, 0.2) is 22.2 Å². The minimum Gasteiger partial charge on any atom is -0.489 e. The van der Waals surface area contributed by atoms with E-state index in [1.165, 1.54) is 25.0 Å². The van der Waals surface area contributed by atoms with E-state index in [0.29, 0.717) is 19.4 Å². The molecule has 0 amide bonds. The summed E-state index contributed by atoms with van der Waals surface area (Å²) in [6, 6.07) is 21.3. The summed E-state index contributed by atoms with van der Waals surface area (Å²) < 4.78 is 30.2. The molecule has 0 N–H and O–H groups in total. The number of hydrogen-bond acceptors (Lipinski definition) is 7. The molecule has 9 heteroatoms. The second kappa shape index (κ2) is 11.7. The standard InChI is InChI=1S/C37H48O5S2Si2/c1-35(2,3)45(7,8)41-33-29-22-37(34(38)40-29,42-46(9,10)36(4,5)6)28(21-26-19-24-15-11-13-17-30(24)43-26)32(33)39-23-27-20-25-16-12-14-18-31(25)44-27/h11-20,29,33H,21-23H2,1-10H3/t29-,33+,37-/m1/s1. The molecule has 0 spiro atoms. The van der Waals surface area contributed by atoms with Crippen molar-refractivity contribution in [2.75, 3.05) is 0 Å². The lowest BCUT2D eigenvalue weighted by Gasteiger charge is -2.46. The fourth-order valence-corrected chi connectivity index (χ4v) is 10.7. The summed E-state index contributed by atoms with van der Waals surface area (Å²) in [6.45, 7) is 22.7. The Morgan fingerprint density at radius 1 is 0.826 bits per heavy atom. The molecular formula is C37H48O5S2Si2. The lowest BCUT2D eigenvalue weighted by Crippen LogP contribution is -2.56. The number of rotatable bonds is 9. The van der Waals surface area contributed by atoms with Crippen molar-refractivity contribution in [2.45, 2.75) is 115 Å². The lowest BCUT2D eigenvalue weighted by atomic mass is 9.80. The van der Waals surface area contributed by atoms with Crippen LogP contribution in [-0.2, 0) is 36.1 Å². The molecule has 1 fully saturated rings. The van der Waals surface area contributed by atoms with Crippen molar-refractivity contribution in [1.29, 1.82) is 0 Å². The molecule has 1 aliphatic carbocycles. The van der Waals surface area contributed by atoms with Crippen LogP contribution < -0.4 is 0 Å². The molecule has 2 aliphatic rings. The number of ether oxygens (including phenoxy) is 2. The van der Waals surface area contributed by atoms with Gasteiger partial charge in [0.05, 0.1) is 0 Å². The number of fused-ring (bicyclic) bond motifs is 4. The van der Waals surface area contributed by atoms with Crippen LogP contribution >= 0.6 is 22.7 Å². The summed E-state index contributed by atoms with van der Waals surface area (Å²) in [5.41, 5.74) is -0.348. The Morgan fingerprint density at radius 2 is 1.37 bits per heavy atom. The van der Waals surface area contributed by atoms with Crippen molar-refractivity contribution in [1.82, 2.24) is 0 Å². The first kappa shape index (κ1) is 33.6. The van der Waals surface area contributed by atoms with Crippen LogP contribution in [-0.4, -0.2) is 40.4 Å². The van der Waals surface area contributed by atoms with Crippen LogP contribution in [0.15, 0.2) is 72.0 Å². The molecule has 2 aromatic carbocycles. The van der Waals surface area contributed by atoms with Crippen molar-refractivity contribution in [2.24, 2.45) is 0 Å². The molecule has 6 rings (SSSR count). The Labute approximate surface area is 284 Å². The zero-order valence-corrected chi connectivity index (χ0v) is 32.5. The van der Waals surface area contributed by atoms with E-state index in [2.05, 4.69) is 128 Å². The van der Waals surface area contributed by atoms with Crippen LogP contribution in [0.3, 0.4) is 0 Å². The normalized spacial score (nSPS) is 22.6. The van der Waals surface area contributed by atoms with Gasteiger partial charge in [-0.25, -0.2) is 4.79 Å². The average Bonchev–Trinajstić information content (AvgIpc) is 3.63. The predicted molar refractivity (Wildman–Crippen MR) is 197 cm³/mol. The van der Waals surface area contributed by atoms with Gasteiger partial charge in [-0.1, -0.05) is 77.9 Å². The summed E-state index contributed by atoms with van der Waals surface area (Å²) in [7, 11) is -4.76. The molecule has 46 heavy (non-hydrogen) atoms. The van der Waals surface area contributed by atoms with Crippen LogP contribution in [0.25, 0.3) is 20.2 Å². The zero-order chi connectivity index (χ0) is 33.3.